The van der Waals surface area contributed by atoms with Gasteiger partial charge in [-0.1, -0.05) is 68.4 Å². The van der Waals surface area contributed by atoms with E-state index in [1.54, 1.807) is 0 Å². The molecule has 0 aliphatic heterocycles. The molecule has 0 aliphatic rings. The van der Waals surface area contributed by atoms with Gasteiger partial charge in [-0.3, -0.25) is 4.79 Å². The van der Waals surface area contributed by atoms with Gasteiger partial charge in [0.05, 0.1) is 6.10 Å². The molecule has 0 fully saturated rings. The summed E-state index contributed by atoms with van der Waals surface area (Å²) in [5.41, 5.74) is 0. The third-order valence-corrected chi connectivity index (χ3v) is 4.06. The predicted molar refractivity (Wildman–Crippen MR) is 111 cm³/mol. The second kappa shape index (κ2) is 19.7. The van der Waals surface area contributed by atoms with Crippen LogP contribution in [0.25, 0.3) is 0 Å². The van der Waals surface area contributed by atoms with E-state index in [4.69, 9.17) is 5.11 Å². The highest BCUT2D eigenvalue weighted by molar-refractivity contribution is 5.66. The van der Waals surface area contributed by atoms with Crippen molar-refractivity contribution >= 4 is 5.97 Å². The van der Waals surface area contributed by atoms with Crippen molar-refractivity contribution in [2.75, 3.05) is 0 Å². The third-order valence-electron chi connectivity index (χ3n) is 4.06. The van der Waals surface area contributed by atoms with Crippen LogP contribution in [0.15, 0.2) is 48.6 Å². The fraction of sp³-hybridized carbons (Fsp3) is 0.609. The van der Waals surface area contributed by atoms with Crippen molar-refractivity contribution < 1.29 is 15.0 Å². The lowest BCUT2D eigenvalue weighted by atomic mass is 10.1. The summed E-state index contributed by atoms with van der Waals surface area (Å²) in [6, 6.07) is 0. The molecule has 148 valence electrons. The highest BCUT2D eigenvalue weighted by Gasteiger charge is 2.05. The molecule has 3 heteroatoms. The molecule has 0 heterocycles. The van der Waals surface area contributed by atoms with Crippen molar-refractivity contribution in [1.29, 1.82) is 0 Å². The van der Waals surface area contributed by atoms with Gasteiger partial charge in [0.2, 0.25) is 0 Å². The summed E-state index contributed by atoms with van der Waals surface area (Å²) in [6.07, 6.45) is 28.1. The van der Waals surface area contributed by atoms with Crippen molar-refractivity contribution in [2.45, 2.75) is 90.1 Å². The molecule has 0 aromatic heterocycles. The Morgan fingerprint density at radius 2 is 1.27 bits per heavy atom. The molecule has 0 aromatic carbocycles. The third kappa shape index (κ3) is 20.4. The van der Waals surface area contributed by atoms with Gasteiger partial charge in [0, 0.05) is 6.42 Å². The summed E-state index contributed by atoms with van der Waals surface area (Å²) in [5.74, 6) is -0.843. The fourth-order valence-electron chi connectivity index (χ4n) is 2.47. The van der Waals surface area contributed by atoms with Gasteiger partial charge >= 0.3 is 5.97 Å². The second-order valence-electron chi connectivity index (χ2n) is 6.61. The zero-order chi connectivity index (χ0) is 19.3. The largest absolute Gasteiger partial charge is 0.481 e. The van der Waals surface area contributed by atoms with Crippen LogP contribution in [-0.4, -0.2) is 22.3 Å². The van der Waals surface area contributed by atoms with Crippen LogP contribution in [0, 0.1) is 0 Å². The molecular formula is C23H38O3. The molecule has 1 atom stereocenters. The van der Waals surface area contributed by atoms with E-state index in [9.17, 15) is 9.90 Å². The molecule has 26 heavy (non-hydrogen) atoms. The summed E-state index contributed by atoms with van der Waals surface area (Å²) in [5, 5.41) is 18.2. The predicted octanol–water partition coefficient (Wildman–Crippen LogP) is 6.36. The van der Waals surface area contributed by atoms with Crippen molar-refractivity contribution in [3.63, 3.8) is 0 Å². The first kappa shape index (κ1) is 24.4. The number of unbranched alkanes of at least 4 members (excludes halogenated alkanes) is 4. The van der Waals surface area contributed by atoms with Gasteiger partial charge in [-0.05, 0) is 57.8 Å². The number of aliphatic hydroxyl groups is 1. The monoisotopic (exact) mass is 362 g/mol. The van der Waals surface area contributed by atoms with Crippen LogP contribution < -0.4 is 0 Å². The van der Waals surface area contributed by atoms with E-state index in [1.807, 2.05) is 0 Å². The van der Waals surface area contributed by atoms with Crippen LogP contribution in [0.5, 0.6) is 0 Å². The maximum Gasteiger partial charge on any atom is 0.303 e. The minimum absolute atomic E-state index is 0.0471. The van der Waals surface area contributed by atoms with E-state index in [-0.39, 0.29) is 6.42 Å². The van der Waals surface area contributed by atoms with E-state index >= 15 is 0 Å². The van der Waals surface area contributed by atoms with E-state index in [0.717, 1.165) is 32.1 Å². The Labute approximate surface area is 160 Å². The smallest absolute Gasteiger partial charge is 0.303 e. The fourth-order valence-corrected chi connectivity index (χ4v) is 2.47. The number of carboxylic acid groups (broad SMARTS) is 1. The first-order valence-electron chi connectivity index (χ1n) is 10.2. The topological polar surface area (TPSA) is 57.5 Å². The highest BCUT2D eigenvalue weighted by Crippen LogP contribution is 2.07. The summed E-state index contributed by atoms with van der Waals surface area (Å²) in [6.45, 7) is 2.23. The number of allylic oxidation sites excluding steroid dienone is 8. The minimum Gasteiger partial charge on any atom is -0.481 e. The zero-order valence-corrected chi connectivity index (χ0v) is 16.5. The Morgan fingerprint density at radius 3 is 1.77 bits per heavy atom. The number of hydrogen-bond acceptors (Lipinski definition) is 2. The quantitative estimate of drug-likeness (QED) is 0.234. The van der Waals surface area contributed by atoms with E-state index in [2.05, 4.69) is 55.5 Å². The van der Waals surface area contributed by atoms with E-state index in [1.165, 1.54) is 25.7 Å². The number of aliphatic hydroxyl groups excluding tert-OH is 1. The molecule has 0 bridgehead atoms. The van der Waals surface area contributed by atoms with Gasteiger partial charge < -0.3 is 10.2 Å². The standard InChI is InChI=1S/C23H38O3/c1-2-3-4-5-6-7-8-9-10-11-12-13-14-15-16-17-18-19-22(24)20-21-23(25)26/h6-7,9-10,12-13,15-16,22,24H,2-5,8,11,14,17-21H2,1H3,(H,25,26)/b7-6-,10-9-,13-12-,16-15-. The van der Waals surface area contributed by atoms with Crippen molar-refractivity contribution in [1.82, 2.24) is 0 Å². The van der Waals surface area contributed by atoms with E-state index < -0.39 is 12.1 Å². The maximum absolute atomic E-state index is 10.4. The van der Waals surface area contributed by atoms with E-state index in [0.29, 0.717) is 12.8 Å². The molecule has 0 saturated heterocycles. The Hall–Kier alpha value is -1.61. The summed E-state index contributed by atoms with van der Waals surface area (Å²) >= 11 is 0. The molecule has 0 aromatic rings. The lowest BCUT2D eigenvalue weighted by molar-refractivity contribution is -0.137. The minimum atomic E-state index is -0.843. The second-order valence-corrected chi connectivity index (χ2v) is 6.61. The first-order chi connectivity index (χ1) is 12.7. The molecule has 0 radical (unpaired) electrons. The first-order valence-corrected chi connectivity index (χ1v) is 10.2. The van der Waals surface area contributed by atoms with Gasteiger partial charge in [-0.15, -0.1) is 0 Å². The van der Waals surface area contributed by atoms with Gasteiger partial charge in [0.25, 0.3) is 0 Å². The summed E-state index contributed by atoms with van der Waals surface area (Å²) in [7, 11) is 0. The maximum atomic E-state index is 10.4. The Balaban J connectivity index is 3.47. The van der Waals surface area contributed by atoms with Crippen molar-refractivity contribution in [2.24, 2.45) is 0 Å². The average molecular weight is 363 g/mol. The molecule has 2 N–H and O–H groups in total. The van der Waals surface area contributed by atoms with Crippen molar-refractivity contribution in [3.05, 3.63) is 48.6 Å². The van der Waals surface area contributed by atoms with Gasteiger partial charge in [-0.2, -0.15) is 0 Å². The number of carboxylic acids is 1. The highest BCUT2D eigenvalue weighted by atomic mass is 16.4. The van der Waals surface area contributed by atoms with Crippen LogP contribution in [-0.2, 0) is 4.79 Å². The summed E-state index contributed by atoms with van der Waals surface area (Å²) < 4.78 is 0. The Bertz CT molecular complexity index is 433. The Morgan fingerprint density at radius 1 is 0.769 bits per heavy atom. The van der Waals surface area contributed by atoms with Gasteiger partial charge in [0.1, 0.15) is 0 Å². The molecule has 0 rings (SSSR count). The number of carbonyl (C=O) groups is 1. The molecule has 0 saturated carbocycles. The zero-order valence-electron chi connectivity index (χ0n) is 16.5. The number of hydrogen-bond donors (Lipinski definition) is 2. The van der Waals surface area contributed by atoms with Crippen LogP contribution in [0.2, 0.25) is 0 Å². The normalized spacial score (nSPS) is 13.6. The van der Waals surface area contributed by atoms with Crippen LogP contribution >= 0.6 is 0 Å². The SMILES string of the molecule is CCCCC/C=C\C/C=C\C/C=C\C/C=C\CCCC(O)CCC(=O)O. The van der Waals surface area contributed by atoms with Gasteiger partial charge in [-0.25, -0.2) is 0 Å². The average Bonchev–Trinajstić information content (AvgIpc) is 2.62. The molecular weight excluding hydrogens is 324 g/mol. The number of rotatable bonds is 17. The Kier molecular flexibility index (Phi) is 18.5. The molecule has 1 unspecified atom stereocenters. The van der Waals surface area contributed by atoms with Gasteiger partial charge in [0.15, 0.2) is 0 Å². The molecule has 3 nitrogen and oxygen atoms in total. The lowest BCUT2D eigenvalue weighted by Gasteiger charge is -2.07. The number of aliphatic carboxylic acids is 1. The van der Waals surface area contributed by atoms with Crippen molar-refractivity contribution in [3.8, 4) is 0 Å². The lowest BCUT2D eigenvalue weighted by Crippen LogP contribution is -2.08. The van der Waals surface area contributed by atoms with Crippen LogP contribution in [0.1, 0.15) is 84.0 Å². The molecule has 0 aliphatic carbocycles. The van der Waals surface area contributed by atoms with Crippen LogP contribution in [0.3, 0.4) is 0 Å². The summed E-state index contributed by atoms with van der Waals surface area (Å²) in [4.78, 5) is 10.4. The van der Waals surface area contributed by atoms with Crippen LogP contribution in [0.4, 0.5) is 0 Å². The molecule has 0 spiro atoms. The molecule has 0 amide bonds.